The molecule has 0 unspecified atom stereocenters. The van der Waals surface area contributed by atoms with Gasteiger partial charge in [-0.1, -0.05) is 158 Å². The monoisotopic (exact) mass is 835 g/mol. The molecule has 300 valence electrons. The van der Waals surface area contributed by atoms with E-state index in [1.54, 1.807) is 0 Å². The molecule has 13 aromatic rings. The van der Waals surface area contributed by atoms with Gasteiger partial charge in [-0.25, -0.2) is 0 Å². The maximum absolute atomic E-state index is 7.06. The summed E-state index contributed by atoms with van der Waals surface area (Å²) >= 11 is 1.85. The quantitative estimate of drug-likeness (QED) is 0.160. The van der Waals surface area contributed by atoms with Crippen LogP contribution in [0.5, 0.6) is 0 Å². The van der Waals surface area contributed by atoms with Gasteiger partial charge in [0.1, 0.15) is 22.3 Å². The van der Waals surface area contributed by atoms with Crippen LogP contribution in [0.25, 0.3) is 109 Å². The molecule has 0 aliphatic heterocycles. The Labute approximate surface area is 373 Å². The van der Waals surface area contributed by atoms with Crippen molar-refractivity contribution in [3.8, 4) is 44.5 Å². The Bertz CT molecular complexity index is 3780. The van der Waals surface area contributed by atoms with Crippen LogP contribution in [0.4, 0.5) is 17.1 Å². The van der Waals surface area contributed by atoms with Gasteiger partial charge in [0.15, 0.2) is 0 Å². The molecule has 13 rings (SSSR count). The third-order valence-electron chi connectivity index (χ3n) is 12.7. The second-order valence-electron chi connectivity index (χ2n) is 16.4. The van der Waals surface area contributed by atoms with E-state index in [1.807, 2.05) is 29.5 Å². The lowest BCUT2D eigenvalue weighted by atomic mass is 9.91. The Kier molecular flexibility index (Phi) is 8.40. The molecule has 0 bridgehead atoms. The Morgan fingerprint density at radius 3 is 1.48 bits per heavy atom. The molecule has 10 aromatic carbocycles. The fourth-order valence-corrected chi connectivity index (χ4v) is 10.9. The predicted molar refractivity (Wildman–Crippen MR) is 270 cm³/mol. The van der Waals surface area contributed by atoms with Gasteiger partial charge in [0.25, 0.3) is 0 Å². The summed E-state index contributed by atoms with van der Waals surface area (Å²) in [6, 6.07) is 80.3. The zero-order valence-corrected chi connectivity index (χ0v) is 35.4. The minimum atomic E-state index is 0.841. The normalized spacial score (nSPS) is 11.8. The summed E-state index contributed by atoms with van der Waals surface area (Å²) in [5, 5.41) is 6.86. The highest BCUT2D eigenvalue weighted by atomic mass is 32.1. The molecule has 3 aromatic heterocycles. The highest BCUT2D eigenvalue weighted by Crippen LogP contribution is 2.49. The smallest absolute Gasteiger partial charge is 0.143 e. The number of anilines is 3. The van der Waals surface area contributed by atoms with Crippen molar-refractivity contribution >= 4 is 92.4 Å². The van der Waals surface area contributed by atoms with E-state index in [0.717, 1.165) is 77.6 Å². The Hall–Kier alpha value is -8.18. The summed E-state index contributed by atoms with van der Waals surface area (Å²) in [6.07, 6.45) is 0. The topological polar surface area (TPSA) is 29.5 Å². The summed E-state index contributed by atoms with van der Waals surface area (Å²) in [4.78, 5) is 2.34. The molecule has 0 aliphatic rings. The van der Waals surface area contributed by atoms with Crippen LogP contribution >= 0.6 is 11.3 Å². The summed E-state index contributed by atoms with van der Waals surface area (Å²) in [7, 11) is 0. The van der Waals surface area contributed by atoms with Gasteiger partial charge in [0.05, 0.1) is 0 Å². The van der Waals surface area contributed by atoms with Crippen molar-refractivity contribution in [3.63, 3.8) is 0 Å². The molecule has 64 heavy (non-hydrogen) atoms. The van der Waals surface area contributed by atoms with E-state index in [-0.39, 0.29) is 0 Å². The molecule has 0 saturated carbocycles. The standard InChI is InChI=1S/C60H37NO2S/c1-3-12-38(13-4-1)40-22-28-43(29-23-40)61(44-30-24-41(25-31-44)39-14-5-2-6-15-39)45-32-26-42(27-33-45)56-47(49-19-11-18-48-46-16-8-10-21-55(46)64-60(48)49)34-35-51-58-54(63-59(51)56)37-36-53-57(58)50-17-7-9-20-52(50)62-53/h1-37H. The molecular weight excluding hydrogens is 799 g/mol. The lowest BCUT2D eigenvalue weighted by Gasteiger charge is -2.26. The molecule has 0 N–H and O–H groups in total. The van der Waals surface area contributed by atoms with Crippen LogP contribution in [0.1, 0.15) is 0 Å². The van der Waals surface area contributed by atoms with Crippen molar-refractivity contribution in [2.45, 2.75) is 0 Å². The highest BCUT2D eigenvalue weighted by molar-refractivity contribution is 7.26. The summed E-state index contributed by atoms with van der Waals surface area (Å²) in [5.41, 5.74) is 15.9. The van der Waals surface area contributed by atoms with E-state index >= 15 is 0 Å². The number of rotatable bonds is 7. The molecule has 0 radical (unpaired) electrons. The average molecular weight is 836 g/mol. The SMILES string of the molecule is c1ccc(-c2ccc(N(c3ccc(-c4ccccc4)cc3)c3ccc(-c4c(-c5cccc6c5sc5ccccc56)ccc5c4oc4ccc6oc7ccccc7c6c45)cc3)cc2)cc1. The predicted octanol–water partition coefficient (Wildman–Crippen LogP) is 18.0. The third kappa shape index (κ3) is 5.88. The number of fused-ring (bicyclic) bond motifs is 10. The lowest BCUT2D eigenvalue weighted by molar-refractivity contribution is 0.663. The zero-order chi connectivity index (χ0) is 42.1. The molecule has 3 heterocycles. The van der Waals surface area contributed by atoms with Crippen molar-refractivity contribution < 1.29 is 8.83 Å². The molecule has 4 heteroatoms. The first-order valence-corrected chi connectivity index (χ1v) is 22.5. The van der Waals surface area contributed by atoms with Gasteiger partial charge in [0, 0.05) is 69.9 Å². The van der Waals surface area contributed by atoms with E-state index in [2.05, 4.69) is 211 Å². The number of hydrogen-bond donors (Lipinski definition) is 0. The van der Waals surface area contributed by atoms with Crippen molar-refractivity contribution in [1.29, 1.82) is 0 Å². The minimum Gasteiger partial charge on any atom is -0.456 e. The van der Waals surface area contributed by atoms with Crippen molar-refractivity contribution in [1.82, 2.24) is 0 Å². The summed E-state index contributed by atoms with van der Waals surface area (Å²) < 4.78 is 16.0. The first-order chi connectivity index (χ1) is 31.7. The van der Waals surface area contributed by atoms with Crippen molar-refractivity contribution in [3.05, 3.63) is 224 Å². The summed E-state index contributed by atoms with van der Waals surface area (Å²) in [6.45, 7) is 0. The summed E-state index contributed by atoms with van der Waals surface area (Å²) in [5.74, 6) is 0. The molecule has 0 aliphatic carbocycles. The maximum Gasteiger partial charge on any atom is 0.143 e. The zero-order valence-electron chi connectivity index (χ0n) is 34.5. The minimum absolute atomic E-state index is 0.841. The Balaban J connectivity index is 1.01. The highest BCUT2D eigenvalue weighted by Gasteiger charge is 2.23. The van der Waals surface area contributed by atoms with E-state index in [0.29, 0.717) is 0 Å². The number of furan rings is 2. The molecule has 0 atom stereocenters. The second-order valence-corrected chi connectivity index (χ2v) is 17.4. The number of nitrogens with zero attached hydrogens (tertiary/aromatic N) is 1. The number of benzene rings is 10. The van der Waals surface area contributed by atoms with Gasteiger partial charge in [0.2, 0.25) is 0 Å². The number of para-hydroxylation sites is 1. The van der Waals surface area contributed by atoms with Gasteiger partial charge < -0.3 is 13.7 Å². The fraction of sp³-hybridized carbons (Fsp3) is 0. The van der Waals surface area contributed by atoms with E-state index in [1.165, 1.54) is 48.0 Å². The van der Waals surface area contributed by atoms with Crippen molar-refractivity contribution in [2.24, 2.45) is 0 Å². The second kappa shape index (κ2) is 14.7. The van der Waals surface area contributed by atoms with Crippen LogP contribution in [-0.2, 0) is 0 Å². The van der Waals surface area contributed by atoms with E-state index in [9.17, 15) is 0 Å². The molecular formula is C60H37NO2S. The third-order valence-corrected chi connectivity index (χ3v) is 13.9. The van der Waals surface area contributed by atoms with Crippen LogP contribution in [-0.4, -0.2) is 0 Å². The van der Waals surface area contributed by atoms with Gasteiger partial charge in [-0.3, -0.25) is 0 Å². The van der Waals surface area contributed by atoms with E-state index in [4.69, 9.17) is 8.83 Å². The van der Waals surface area contributed by atoms with Gasteiger partial charge >= 0.3 is 0 Å². The molecule has 0 fully saturated rings. The maximum atomic E-state index is 7.06. The van der Waals surface area contributed by atoms with Gasteiger partial charge in [-0.05, 0) is 100 Å². The molecule has 3 nitrogen and oxygen atoms in total. The average Bonchev–Trinajstić information content (AvgIpc) is 4.06. The molecule has 0 amide bonds. The first-order valence-electron chi connectivity index (χ1n) is 21.7. The van der Waals surface area contributed by atoms with Gasteiger partial charge in [-0.15, -0.1) is 11.3 Å². The fourth-order valence-electron chi connectivity index (χ4n) is 9.71. The van der Waals surface area contributed by atoms with Crippen LogP contribution in [0.2, 0.25) is 0 Å². The molecule has 0 spiro atoms. The lowest BCUT2D eigenvalue weighted by Crippen LogP contribution is -2.09. The van der Waals surface area contributed by atoms with Crippen LogP contribution < -0.4 is 4.90 Å². The van der Waals surface area contributed by atoms with E-state index < -0.39 is 0 Å². The van der Waals surface area contributed by atoms with Gasteiger partial charge in [-0.2, -0.15) is 0 Å². The Morgan fingerprint density at radius 1 is 0.312 bits per heavy atom. The number of thiophene rings is 1. The largest absolute Gasteiger partial charge is 0.456 e. The van der Waals surface area contributed by atoms with Crippen molar-refractivity contribution in [2.75, 3.05) is 4.90 Å². The molecule has 0 saturated heterocycles. The Morgan fingerprint density at radius 2 is 0.828 bits per heavy atom. The number of hydrogen-bond acceptors (Lipinski definition) is 4. The van der Waals surface area contributed by atoms with Crippen LogP contribution in [0.3, 0.4) is 0 Å². The van der Waals surface area contributed by atoms with Crippen LogP contribution in [0.15, 0.2) is 233 Å². The first kappa shape index (κ1) is 36.5. The van der Waals surface area contributed by atoms with Crippen LogP contribution in [0, 0.1) is 0 Å².